The molecule has 0 radical (unpaired) electrons. The standard InChI is InChI=1S/C13H13ClO3/c1-3-8-16-13(15)11-6-4-5-7-12(11)17-10(2)9-14/h3-7,9H,1,8H2,2H3. The molecule has 1 aromatic carbocycles. The van der Waals surface area contributed by atoms with Crippen molar-refractivity contribution in [2.45, 2.75) is 6.92 Å². The van der Waals surface area contributed by atoms with Crippen molar-refractivity contribution < 1.29 is 14.3 Å². The van der Waals surface area contributed by atoms with Crippen molar-refractivity contribution in [3.8, 4) is 5.75 Å². The molecule has 0 N–H and O–H groups in total. The summed E-state index contributed by atoms with van der Waals surface area (Å²) in [7, 11) is 0. The van der Waals surface area contributed by atoms with Gasteiger partial charge in [-0.2, -0.15) is 0 Å². The molecule has 0 aliphatic carbocycles. The zero-order chi connectivity index (χ0) is 12.7. The smallest absolute Gasteiger partial charge is 0.342 e. The summed E-state index contributed by atoms with van der Waals surface area (Å²) in [5.74, 6) is 0.453. The molecule has 90 valence electrons. The van der Waals surface area contributed by atoms with Crippen LogP contribution in [0.15, 0.2) is 48.2 Å². The van der Waals surface area contributed by atoms with Crippen LogP contribution in [0.2, 0.25) is 0 Å². The number of halogens is 1. The summed E-state index contributed by atoms with van der Waals surface area (Å²) < 4.78 is 10.3. The van der Waals surface area contributed by atoms with E-state index in [0.717, 1.165) is 0 Å². The predicted octanol–water partition coefficient (Wildman–Crippen LogP) is 3.51. The van der Waals surface area contributed by atoms with E-state index in [-0.39, 0.29) is 6.61 Å². The van der Waals surface area contributed by atoms with Crippen LogP contribution in [0.1, 0.15) is 17.3 Å². The van der Waals surface area contributed by atoms with Crippen LogP contribution in [-0.2, 0) is 4.74 Å². The molecule has 4 heteroatoms. The third-order valence-electron chi connectivity index (χ3n) is 1.86. The fourth-order valence-electron chi connectivity index (χ4n) is 1.13. The minimum atomic E-state index is -0.456. The Hall–Kier alpha value is -1.74. The number of ether oxygens (including phenoxy) is 2. The van der Waals surface area contributed by atoms with Gasteiger partial charge in [0.15, 0.2) is 0 Å². The minimum absolute atomic E-state index is 0.164. The van der Waals surface area contributed by atoms with Gasteiger partial charge in [-0.05, 0) is 19.1 Å². The van der Waals surface area contributed by atoms with E-state index in [1.807, 2.05) is 0 Å². The molecule has 0 heterocycles. The molecule has 0 spiro atoms. The van der Waals surface area contributed by atoms with Gasteiger partial charge in [-0.25, -0.2) is 4.79 Å². The highest BCUT2D eigenvalue weighted by atomic mass is 35.5. The van der Waals surface area contributed by atoms with Crippen LogP contribution in [0, 0.1) is 0 Å². The zero-order valence-electron chi connectivity index (χ0n) is 9.48. The lowest BCUT2D eigenvalue weighted by molar-refractivity contribution is 0.0546. The number of benzene rings is 1. The number of carbonyl (C=O) groups excluding carboxylic acids is 1. The van der Waals surface area contributed by atoms with Crippen molar-refractivity contribution in [3.63, 3.8) is 0 Å². The van der Waals surface area contributed by atoms with Gasteiger partial charge in [0, 0.05) is 5.54 Å². The van der Waals surface area contributed by atoms with E-state index in [2.05, 4.69) is 6.58 Å². The van der Waals surface area contributed by atoms with E-state index in [4.69, 9.17) is 21.1 Å². The molecule has 17 heavy (non-hydrogen) atoms. The lowest BCUT2D eigenvalue weighted by atomic mass is 10.2. The Morgan fingerprint density at radius 2 is 2.18 bits per heavy atom. The lowest BCUT2D eigenvalue weighted by Gasteiger charge is -2.09. The van der Waals surface area contributed by atoms with Crippen LogP contribution in [0.4, 0.5) is 0 Å². The Kier molecular flexibility index (Phi) is 5.30. The average molecular weight is 253 g/mol. The number of esters is 1. The van der Waals surface area contributed by atoms with Gasteiger partial charge in [0.1, 0.15) is 23.7 Å². The molecule has 0 aromatic heterocycles. The number of para-hydroxylation sites is 1. The maximum atomic E-state index is 11.7. The van der Waals surface area contributed by atoms with E-state index in [9.17, 15) is 4.79 Å². The van der Waals surface area contributed by atoms with Crippen molar-refractivity contribution in [1.29, 1.82) is 0 Å². The molecule has 0 amide bonds. The third kappa shape index (κ3) is 3.96. The Balaban J connectivity index is 2.91. The molecule has 0 fully saturated rings. The SMILES string of the molecule is C=CCOC(=O)c1ccccc1OC(C)=CCl. The second-order valence-electron chi connectivity index (χ2n) is 3.21. The molecule has 0 aliphatic heterocycles. The molecule has 0 bridgehead atoms. The summed E-state index contributed by atoms with van der Waals surface area (Å²) in [4.78, 5) is 11.7. The van der Waals surface area contributed by atoms with Gasteiger partial charge in [-0.3, -0.25) is 0 Å². The molecule has 0 aliphatic rings. The van der Waals surface area contributed by atoms with Gasteiger partial charge < -0.3 is 9.47 Å². The summed E-state index contributed by atoms with van der Waals surface area (Å²) >= 11 is 5.50. The largest absolute Gasteiger partial charge is 0.460 e. The van der Waals surface area contributed by atoms with Crippen LogP contribution in [0.25, 0.3) is 0 Å². The van der Waals surface area contributed by atoms with Crippen molar-refractivity contribution in [1.82, 2.24) is 0 Å². The van der Waals surface area contributed by atoms with Gasteiger partial charge in [0.2, 0.25) is 0 Å². The highest BCUT2D eigenvalue weighted by Crippen LogP contribution is 2.21. The maximum Gasteiger partial charge on any atom is 0.342 e. The zero-order valence-corrected chi connectivity index (χ0v) is 10.2. The molecule has 0 unspecified atom stereocenters. The Morgan fingerprint density at radius 3 is 2.82 bits per heavy atom. The number of rotatable bonds is 5. The highest BCUT2D eigenvalue weighted by molar-refractivity contribution is 6.25. The van der Waals surface area contributed by atoms with Crippen LogP contribution in [-0.4, -0.2) is 12.6 Å². The molecule has 0 atom stereocenters. The highest BCUT2D eigenvalue weighted by Gasteiger charge is 2.13. The van der Waals surface area contributed by atoms with Crippen molar-refractivity contribution >= 4 is 17.6 Å². The molecular formula is C13H13ClO3. The van der Waals surface area contributed by atoms with Crippen LogP contribution in [0.3, 0.4) is 0 Å². The van der Waals surface area contributed by atoms with Gasteiger partial charge in [0.05, 0.1) is 0 Å². The summed E-state index contributed by atoms with van der Waals surface area (Å²) in [6.07, 6.45) is 1.51. The lowest BCUT2D eigenvalue weighted by Crippen LogP contribution is -2.07. The third-order valence-corrected chi connectivity index (χ3v) is 2.17. The first-order valence-electron chi connectivity index (χ1n) is 5.01. The average Bonchev–Trinajstić information content (AvgIpc) is 2.36. The number of hydrogen-bond acceptors (Lipinski definition) is 3. The number of hydrogen-bond donors (Lipinski definition) is 0. The van der Waals surface area contributed by atoms with Crippen molar-refractivity contribution in [2.24, 2.45) is 0 Å². The molecular weight excluding hydrogens is 240 g/mol. The van der Waals surface area contributed by atoms with Crippen LogP contribution in [0.5, 0.6) is 5.75 Å². The topological polar surface area (TPSA) is 35.5 Å². The van der Waals surface area contributed by atoms with Gasteiger partial charge in [-0.1, -0.05) is 36.4 Å². The minimum Gasteiger partial charge on any atom is -0.460 e. The summed E-state index contributed by atoms with van der Waals surface area (Å²) in [6, 6.07) is 6.80. The van der Waals surface area contributed by atoms with E-state index < -0.39 is 5.97 Å². The first-order valence-corrected chi connectivity index (χ1v) is 5.44. The summed E-state index contributed by atoms with van der Waals surface area (Å²) in [6.45, 7) is 5.33. The molecule has 0 saturated heterocycles. The van der Waals surface area contributed by atoms with Crippen LogP contribution < -0.4 is 4.74 Å². The second-order valence-corrected chi connectivity index (χ2v) is 3.42. The first kappa shape index (κ1) is 13.3. The van der Waals surface area contributed by atoms with Gasteiger partial charge in [-0.15, -0.1) is 0 Å². The Labute approximate surface area is 105 Å². The predicted molar refractivity (Wildman–Crippen MR) is 67.2 cm³/mol. The second kappa shape index (κ2) is 6.76. The fraction of sp³-hybridized carbons (Fsp3) is 0.154. The normalized spacial score (nSPS) is 10.8. The van der Waals surface area contributed by atoms with Crippen molar-refractivity contribution in [2.75, 3.05) is 6.61 Å². The molecule has 1 rings (SSSR count). The summed E-state index contributed by atoms with van der Waals surface area (Å²) in [5, 5.41) is 0. The van der Waals surface area contributed by atoms with E-state index in [1.54, 1.807) is 31.2 Å². The fourth-order valence-corrected chi connectivity index (χ4v) is 1.18. The number of carbonyl (C=O) groups is 1. The van der Waals surface area contributed by atoms with Gasteiger partial charge >= 0.3 is 5.97 Å². The van der Waals surface area contributed by atoms with E-state index >= 15 is 0 Å². The molecule has 0 saturated carbocycles. The van der Waals surface area contributed by atoms with E-state index in [1.165, 1.54) is 11.6 Å². The van der Waals surface area contributed by atoms with E-state index in [0.29, 0.717) is 17.1 Å². The summed E-state index contributed by atoms with van der Waals surface area (Å²) in [5.41, 5.74) is 1.65. The Bertz CT molecular complexity index is 438. The first-order chi connectivity index (χ1) is 8.19. The maximum absolute atomic E-state index is 11.7. The van der Waals surface area contributed by atoms with Crippen molar-refractivity contribution in [3.05, 3.63) is 53.8 Å². The van der Waals surface area contributed by atoms with Gasteiger partial charge in [0.25, 0.3) is 0 Å². The monoisotopic (exact) mass is 252 g/mol. The number of allylic oxidation sites excluding steroid dienone is 1. The quantitative estimate of drug-likeness (QED) is 0.457. The molecule has 3 nitrogen and oxygen atoms in total. The van der Waals surface area contributed by atoms with Crippen LogP contribution >= 0.6 is 11.6 Å². The molecule has 1 aromatic rings. The Morgan fingerprint density at radius 1 is 1.47 bits per heavy atom.